The summed E-state index contributed by atoms with van der Waals surface area (Å²) in [6, 6.07) is 0. The Morgan fingerprint density at radius 3 is 2.00 bits per heavy atom. The molecule has 0 amide bonds. The zero-order valence-corrected chi connectivity index (χ0v) is 10.8. The maximum atomic E-state index is 11.3. The maximum absolute atomic E-state index is 11.3. The number of allylic oxidation sites excluding steroid dienone is 1. The molecule has 0 aromatic rings. The summed E-state index contributed by atoms with van der Waals surface area (Å²) in [5, 5.41) is 9.50. The van der Waals surface area contributed by atoms with Gasteiger partial charge in [0, 0.05) is 29.1 Å². The van der Waals surface area contributed by atoms with Crippen LogP contribution >= 0.6 is 0 Å². The third kappa shape index (κ3) is 7.60. The van der Waals surface area contributed by atoms with Crippen LogP contribution in [0.2, 0.25) is 0 Å². The molecule has 0 aliphatic carbocycles. The predicted molar refractivity (Wildman–Crippen MR) is 56.2 cm³/mol. The second-order valence-corrected chi connectivity index (χ2v) is 3.95. The van der Waals surface area contributed by atoms with Crippen molar-refractivity contribution in [3.8, 4) is 0 Å². The van der Waals surface area contributed by atoms with E-state index in [4.69, 9.17) is 4.74 Å². The molecule has 1 radical (unpaired) electrons. The number of hydrogen-bond donors (Lipinski definition) is 1. The van der Waals surface area contributed by atoms with E-state index in [0.717, 1.165) is 0 Å². The number of hydrogen-bond acceptors (Lipinski definition) is 3. The zero-order chi connectivity index (χ0) is 11.3. The van der Waals surface area contributed by atoms with Gasteiger partial charge < -0.3 is 9.84 Å². The van der Waals surface area contributed by atoms with Crippen LogP contribution in [0.3, 0.4) is 0 Å². The molecule has 0 rings (SSSR count). The number of carbonyl (C=O) groups excluding carboxylic acids is 1. The topological polar surface area (TPSA) is 46.5 Å². The number of ether oxygens (including phenoxy) is 1. The first-order chi connectivity index (χ1) is 6.34. The molecule has 1 atom stereocenters. The van der Waals surface area contributed by atoms with Crippen LogP contribution in [0.5, 0.6) is 0 Å². The molecule has 0 aliphatic rings. The van der Waals surface area contributed by atoms with Gasteiger partial charge >= 0.3 is 0 Å². The van der Waals surface area contributed by atoms with Crippen molar-refractivity contribution in [1.29, 1.82) is 0 Å². The molecule has 0 heterocycles. The van der Waals surface area contributed by atoms with E-state index in [9.17, 15) is 9.90 Å². The van der Waals surface area contributed by atoms with Gasteiger partial charge in [0.2, 0.25) is 0 Å². The van der Waals surface area contributed by atoms with E-state index in [-0.39, 0.29) is 40.6 Å². The maximum Gasteiger partial charge on any atom is 0.161 e. The SMILES string of the molecule is CC(C)OC(C)/C(O)=C/C(=O)C(C)C.[Cu]. The molecule has 4 heteroatoms. The van der Waals surface area contributed by atoms with Crippen molar-refractivity contribution in [2.45, 2.75) is 46.8 Å². The van der Waals surface area contributed by atoms with Gasteiger partial charge in [-0.15, -0.1) is 0 Å². The molecule has 0 fully saturated rings. The Morgan fingerprint density at radius 2 is 1.67 bits per heavy atom. The van der Waals surface area contributed by atoms with Gasteiger partial charge in [-0.05, 0) is 20.8 Å². The monoisotopic (exact) mass is 263 g/mol. The van der Waals surface area contributed by atoms with Crippen LogP contribution in [0, 0.1) is 5.92 Å². The van der Waals surface area contributed by atoms with E-state index >= 15 is 0 Å². The Bertz CT molecular complexity index is 222. The molecule has 1 unspecified atom stereocenters. The summed E-state index contributed by atoms with van der Waals surface area (Å²) in [4.78, 5) is 11.3. The molecule has 3 nitrogen and oxygen atoms in total. The zero-order valence-electron chi connectivity index (χ0n) is 9.87. The third-order valence-corrected chi connectivity index (χ3v) is 1.75. The van der Waals surface area contributed by atoms with Gasteiger partial charge in [-0.3, -0.25) is 4.79 Å². The Labute approximate surface area is 102 Å². The van der Waals surface area contributed by atoms with Gasteiger partial charge in [-0.25, -0.2) is 0 Å². The Kier molecular flexibility index (Phi) is 9.02. The van der Waals surface area contributed by atoms with E-state index in [1.807, 2.05) is 13.8 Å². The van der Waals surface area contributed by atoms with Crippen LogP contribution in [0.25, 0.3) is 0 Å². The number of aliphatic hydroxyl groups excluding tert-OH is 1. The van der Waals surface area contributed by atoms with Crippen molar-refractivity contribution >= 4 is 5.78 Å². The van der Waals surface area contributed by atoms with Crippen molar-refractivity contribution < 1.29 is 31.7 Å². The number of aliphatic hydroxyl groups is 1. The first-order valence-electron chi connectivity index (χ1n) is 4.94. The molecule has 0 spiro atoms. The minimum Gasteiger partial charge on any atom is -0.509 e. The number of carbonyl (C=O) groups is 1. The van der Waals surface area contributed by atoms with Crippen molar-refractivity contribution in [2.24, 2.45) is 5.92 Å². The summed E-state index contributed by atoms with van der Waals surface area (Å²) in [5.41, 5.74) is 0. The molecule has 93 valence electrons. The molecule has 0 saturated carbocycles. The summed E-state index contributed by atoms with van der Waals surface area (Å²) in [6.07, 6.45) is 0.866. The second kappa shape index (κ2) is 7.91. The van der Waals surface area contributed by atoms with Crippen molar-refractivity contribution in [3.05, 3.63) is 11.8 Å². The average molecular weight is 264 g/mol. The fourth-order valence-corrected chi connectivity index (χ4v) is 0.908. The van der Waals surface area contributed by atoms with Crippen LogP contribution in [-0.2, 0) is 26.6 Å². The Balaban J connectivity index is 0. The average Bonchev–Trinajstić information content (AvgIpc) is 2.02. The minimum atomic E-state index is -0.419. The molecule has 0 saturated heterocycles. The van der Waals surface area contributed by atoms with Crippen molar-refractivity contribution in [1.82, 2.24) is 0 Å². The summed E-state index contributed by atoms with van der Waals surface area (Å²) < 4.78 is 5.32. The molecule has 0 aromatic carbocycles. The van der Waals surface area contributed by atoms with Crippen molar-refractivity contribution in [3.63, 3.8) is 0 Å². The molecule has 0 aromatic heterocycles. The molecule has 1 N–H and O–H groups in total. The normalized spacial score (nSPS) is 13.9. The van der Waals surface area contributed by atoms with Crippen LogP contribution in [0.15, 0.2) is 11.8 Å². The fraction of sp³-hybridized carbons (Fsp3) is 0.727. The van der Waals surface area contributed by atoms with E-state index in [0.29, 0.717) is 0 Å². The van der Waals surface area contributed by atoms with Gasteiger partial charge in [-0.1, -0.05) is 13.8 Å². The first kappa shape index (κ1) is 17.1. The van der Waals surface area contributed by atoms with Gasteiger partial charge in [0.25, 0.3) is 0 Å². The molecular formula is C11H20CuO3. The van der Waals surface area contributed by atoms with E-state index in [2.05, 4.69) is 0 Å². The van der Waals surface area contributed by atoms with Gasteiger partial charge in [0.05, 0.1) is 6.10 Å². The van der Waals surface area contributed by atoms with Gasteiger partial charge in [-0.2, -0.15) is 0 Å². The van der Waals surface area contributed by atoms with Crippen LogP contribution in [0.4, 0.5) is 0 Å². The summed E-state index contributed by atoms with van der Waals surface area (Å²) in [6.45, 7) is 9.07. The van der Waals surface area contributed by atoms with Gasteiger partial charge in [0.15, 0.2) is 5.78 Å². The van der Waals surface area contributed by atoms with Crippen LogP contribution in [-0.4, -0.2) is 23.1 Å². The predicted octanol–water partition coefficient (Wildman–Crippen LogP) is 2.46. The standard InChI is InChI=1S/C11H20O3.Cu/c1-7(2)10(12)6-11(13)9(5)14-8(3)4;/h6-9,13H,1-5H3;/b11-6-;. The van der Waals surface area contributed by atoms with E-state index in [1.165, 1.54) is 6.08 Å². The largest absolute Gasteiger partial charge is 0.509 e. The summed E-state index contributed by atoms with van der Waals surface area (Å²) in [5.74, 6) is -0.178. The summed E-state index contributed by atoms with van der Waals surface area (Å²) in [7, 11) is 0. The molecule has 0 aliphatic heterocycles. The molecule has 0 bridgehead atoms. The smallest absolute Gasteiger partial charge is 0.161 e. The van der Waals surface area contributed by atoms with Crippen molar-refractivity contribution in [2.75, 3.05) is 0 Å². The quantitative estimate of drug-likeness (QED) is 0.471. The fourth-order valence-electron chi connectivity index (χ4n) is 0.908. The third-order valence-electron chi connectivity index (χ3n) is 1.75. The van der Waals surface area contributed by atoms with Crippen LogP contribution < -0.4 is 0 Å². The Hall–Kier alpha value is -0.311. The molecular weight excluding hydrogens is 244 g/mol. The Morgan fingerprint density at radius 1 is 1.20 bits per heavy atom. The van der Waals surface area contributed by atoms with Gasteiger partial charge in [0.1, 0.15) is 11.9 Å². The summed E-state index contributed by atoms with van der Waals surface area (Å²) >= 11 is 0. The number of ketones is 1. The minimum absolute atomic E-state index is 0. The first-order valence-corrected chi connectivity index (χ1v) is 4.94. The van der Waals surface area contributed by atoms with Crippen LogP contribution in [0.1, 0.15) is 34.6 Å². The molecule has 15 heavy (non-hydrogen) atoms. The second-order valence-electron chi connectivity index (χ2n) is 3.95. The number of rotatable bonds is 5. The van der Waals surface area contributed by atoms with E-state index < -0.39 is 6.10 Å². The van der Waals surface area contributed by atoms with E-state index in [1.54, 1.807) is 20.8 Å².